The topological polar surface area (TPSA) is 59.9 Å². The first-order chi connectivity index (χ1) is 17.7. The van der Waals surface area contributed by atoms with Gasteiger partial charge in [0.05, 0.1) is 17.1 Å². The highest BCUT2D eigenvalue weighted by Crippen LogP contribution is 2.45. The molecule has 7 heteroatoms. The van der Waals surface area contributed by atoms with E-state index in [1.165, 1.54) is 4.88 Å². The van der Waals surface area contributed by atoms with E-state index in [2.05, 4.69) is 48.6 Å². The zero-order chi connectivity index (χ0) is 26.6. The number of para-hydroxylation sites is 1. The van der Waals surface area contributed by atoms with Crippen LogP contribution in [0.4, 0.5) is 10.7 Å². The van der Waals surface area contributed by atoms with Crippen LogP contribution in [-0.4, -0.2) is 25.8 Å². The normalized spacial score (nSPS) is 15.3. The van der Waals surface area contributed by atoms with Crippen molar-refractivity contribution in [1.29, 1.82) is 0 Å². The quantitative estimate of drug-likeness (QED) is 0.215. The Morgan fingerprint density at radius 1 is 1.27 bits per heavy atom. The SMILES string of the molecule is C=CCOc1c(Br)cc(C=Nc2sc3c(c2C(=O)Nc2ccccc2)CC[C@H](C(C)(C)C)C3)cc1OC. The average molecular weight is 582 g/mol. The van der Waals surface area contributed by atoms with Crippen molar-refractivity contribution in [3.8, 4) is 11.5 Å². The molecule has 0 spiro atoms. The van der Waals surface area contributed by atoms with Gasteiger partial charge in [-0.2, -0.15) is 0 Å². The number of hydrogen-bond acceptors (Lipinski definition) is 5. The Morgan fingerprint density at radius 3 is 2.70 bits per heavy atom. The summed E-state index contributed by atoms with van der Waals surface area (Å²) in [7, 11) is 1.61. The Labute approximate surface area is 231 Å². The zero-order valence-electron chi connectivity index (χ0n) is 21.8. The summed E-state index contributed by atoms with van der Waals surface area (Å²) in [5.74, 6) is 1.67. The molecule has 1 N–H and O–H groups in total. The van der Waals surface area contributed by atoms with Gasteiger partial charge in [-0.25, -0.2) is 4.99 Å². The Balaban J connectivity index is 1.70. The molecule has 1 amide bonds. The number of nitrogens with zero attached hydrogens (tertiary/aromatic N) is 1. The first kappa shape index (κ1) is 27.1. The number of amides is 1. The van der Waals surface area contributed by atoms with Crippen LogP contribution in [0, 0.1) is 11.3 Å². The monoisotopic (exact) mass is 580 g/mol. The van der Waals surface area contributed by atoms with Gasteiger partial charge in [0.1, 0.15) is 11.6 Å². The van der Waals surface area contributed by atoms with Gasteiger partial charge in [-0.15, -0.1) is 11.3 Å². The molecule has 37 heavy (non-hydrogen) atoms. The van der Waals surface area contributed by atoms with Gasteiger partial charge in [-0.1, -0.05) is 51.6 Å². The molecular weight excluding hydrogens is 548 g/mol. The summed E-state index contributed by atoms with van der Waals surface area (Å²) in [6.07, 6.45) is 6.39. The Hall–Kier alpha value is -2.90. The van der Waals surface area contributed by atoms with Crippen molar-refractivity contribution in [2.75, 3.05) is 19.0 Å². The van der Waals surface area contributed by atoms with Crippen molar-refractivity contribution in [3.05, 3.63) is 81.2 Å². The maximum atomic E-state index is 13.5. The van der Waals surface area contributed by atoms with Gasteiger partial charge in [-0.05, 0) is 81.9 Å². The summed E-state index contributed by atoms with van der Waals surface area (Å²) >= 11 is 5.21. The molecule has 0 aliphatic heterocycles. The van der Waals surface area contributed by atoms with E-state index in [1.54, 1.807) is 30.7 Å². The summed E-state index contributed by atoms with van der Waals surface area (Å²) in [5.41, 5.74) is 3.65. The van der Waals surface area contributed by atoms with Gasteiger partial charge in [0, 0.05) is 16.8 Å². The van der Waals surface area contributed by atoms with Crippen LogP contribution < -0.4 is 14.8 Å². The summed E-state index contributed by atoms with van der Waals surface area (Å²) in [6.45, 7) is 11.0. The highest BCUT2D eigenvalue weighted by Gasteiger charge is 2.33. The molecule has 1 aliphatic carbocycles. The third-order valence-corrected chi connectivity index (χ3v) is 8.41. The molecule has 1 aromatic heterocycles. The van der Waals surface area contributed by atoms with Crippen molar-refractivity contribution >= 4 is 50.1 Å². The number of aliphatic imine (C=N–C) groups is 1. The van der Waals surface area contributed by atoms with Crippen molar-refractivity contribution in [2.24, 2.45) is 16.3 Å². The molecule has 0 saturated heterocycles. The molecule has 0 bridgehead atoms. The Kier molecular flexibility index (Phi) is 8.55. The van der Waals surface area contributed by atoms with Gasteiger partial charge in [0.15, 0.2) is 11.5 Å². The number of ether oxygens (including phenoxy) is 2. The highest BCUT2D eigenvalue weighted by atomic mass is 79.9. The second kappa shape index (κ2) is 11.7. The van der Waals surface area contributed by atoms with Crippen LogP contribution in [0.2, 0.25) is 0 Å². The minimum absolute atomic E-state index is 0.114. The van der Waals surface area contributed by atoms with Crippen LogP contribution in [0.5, 0.6) is 11.5 Å². The Morgan fingerprint density at radius 2 is 2.03 bits per heavy atom. The first-order valence-corrected chi connectivity index (χ1v) is 14.0. The fourth-order valence-corrected chi connectivity index (χ4v) is 6.42. The molecule has 0 radical (unpaired) electrons. The second-order valence-electron chi connectivity index (χ2n) is 10.2. The summed E-state index contributed by atoms with van der Waals surface area (Å²) in [6, 6.07) is 13.4. The van der Waals surface area contributed by atoms with Gasteiger partial charge in [-0.3, -0.25) is 4.79 Å². The van der Waals surface area contributed by atoms with E-state index in [0.717, 1.165) is 45.6 Å². The standard InChI is InChI=1S/C30H33BrN2O3S/c1-6-14-36-27-23(31)15-19(16-24(27)35-5)18-32-29-26(28(34)33-21-10-8-7-9-11-21)22-13-12-20(30(2,3)4)17-25(22)37-29/h6-11,15-16,18,20H,1,12-14,17H2,2-5H3,(H,33,34)/t20-/m0/s1. The van der Waals surface area contributed by atoms with Crippen LogP contribution in [0.15, 0.2) is 64.6 Å². The van der Waals surface area contributed by atoms with E-state index < -0.39 is 0 Å². The number of anilines is 1. The molecule has 5 nitrogen and oxygen atoms in total. The summed E-state index contributed by atoms with van der Waals surface area (Å²) < 4.78 is 12.0. The molecule has 1 aliphatic rings. The number of halogens is 1. The zero-order valence-corrected chi connectivity index (χ0v) is 24.2. The fraction of sp³-hybridized carbons (Fsp3) is 0.333. The summed E-state index contributed by atoms with van der Waals surface area (Å²) in [5, 5.41) is 3.80. The van der Waals surface area contributed by atoms with Crippen molar-refractivity contribution in [3.63, 3.8) is 0 Å². The van der Waals surface area contributed by atoms with Gasteiger partial charge in [0.25, 0.3) is 5.91 Å². The fourth-order valence-electron chi connectivity index (χ4n) is 4.58. The molecule has 3 aromatic rings. The van der Waals surface area contributed by atoms with Crippen LogP contribution in [-0.2, 0) is 12.8 Å². The maximum absolute atomic E-state index is 13.5. The van der Waals surface area contributed by atoms with E-state index >= 15 is 0 Å². The number of methoxy groups -OCH3 is 1. The molecule has 0 unspecified atom stereocenters. The number of fused-ring (bicyclic) bond motifs is 1. The summed E-state index contributed by atoms with van der Waals surface area (Å²) in [4.78, 5) is 19.6. The molecule has 1 atom stereocenters. The minimum Gasteiger partial charge on any atom is -0.493 e. The third-order valence-electron chi connectivity index (χ3n) is 6.66. The third kappa shape index (κ3) is 6.33. The smallest absolute Gasteiger partial charge is 0.259 e. The largest absolute Gasteiger partial charge is 0.493 e. The lowest BCUT2D eigenvalue weighted by Gasteiger charge is -2.33. The van der Waals surface area contributed by atoms with Gasteiger partial charge < -0.3 is 14.8 Å². The lowest BCUT2D eigenvalue weighted by molar-refractivity contribution is 0.102. The number of carbonyl (C=O) groups excluding carboxylic acids is 1. The minimum atomic E-state index is -0.114. The molecular formula is C30H33BrN2O3S. The molecule has 2 aromatic carbocycles. The van der Waals surface area contributed by atoms with Gasteiger partial charge >= 0.3 is 0 Å². The van der Waals surface area contributed by atoms with E-state index in [9.17, 15) is 4.79 Å². The number of thiophene rings is 1. The molecule has 0 saturated carbocycles. The number of carbonyl (C=O) groups is 1. The van der Waals surface area contributed by atoms with Crippen LogP contribution in [0.3, 0.4) is 0 Å². The molecule has 0 fully saturated rings. The van der Waals surface area contributed by atoms with Gasteiger partial charge in [0.2, 0.25) is 0 Å². The van der Waals surface area contributed by atoms with Crippen molar-refractivity contribution in [2.45, 2.75) is 40.0 Å². The number of rotatable bonds is 8. The van der Waals surface area contributed by atoms with E-state index in [0.29, 0.717) is 29.6 Å². The molecule has 1 heterocycles. The predicted octanol–water partition coefficient (Wildman–Crippen LogP) is 8.24. The maximum Gasteiger partial charge on any atom is 0.259 e. The van der Waals surface area contributed by atoms with E-state index in [1.807, 2.05) is 42.5 Å². The number of nitrogens with one attached hydrogen (secondary N) is 1. The lowest BCUT2D eigenvalue weighted by Crippen LogP contribution is -2.27. The van der Waals surface area contributed by atoms with E-state index in [4.69, 9.17) is 14.5 Å². The number of hydrogen-bond donors (Lipinski definition) is 1. The highest BCUT2D eigenvalue weighted by molar-refractivity contribution is 9.10. The predicted molar refractivity (Wildman–Crippen MR) is 157 cm³/mol. The first-order valence-electron chi connectivity index (χ1n) is 12.4. The van der Waals surface area contributed by atoms with Crippen molar-refractivity contribution < 1.29 is 14.3 Å². The lowest BCUT2D eigenvalue weighted by atomic mass is 9.72. The second-order valence-corrected chi connectivity index (χ2v) is 12.1. The van der Waals surface area contributed by atoms with E-state index in [-0.39, 0.29) is 11.3 Å². The number of benzene rings is 2. The Bertz CT molecular complexity index is 1310. The average Bonchev–Trinajstić information content (AvgIpc) is 3.24. The molecule has 194 valence electrons. The molecule has 4 rings (SSSR count). The van der Waals surface area contributed by atoms with Crippen molar-refractivity contribution in [1.82, 2.24) is 0 Å². The van der Waals surface area contributed by atoms with Crippen LogP contribution in [0.1, 0.15) is 53.6 Å². The van der Waals surface area contributed by atoms with Crippen LogP contribution >= 0.6 is 27.3 Å². The van der Waals surface area contributed by atoms with Crippen LogP contribution in [0.25, 0.3) is 0 Å².